The molecule has 2 aliphatic rings. The third kappa shape index (κ3) is 1.87. The van der Waals surface area contributed by atoms with E-state index >= 15 is 0 Å². The van der Waals surface area contributed by atoms with E-state index in [-0.39, 0.29) is 0 Å². The van der Waals surface area contributed by atoms with Gasteiger partial charge in [0.1, 0.15) is 0 Å². The van der Waals surface area contributed by atoms with Crippen molar-refractivity contribution >= 4 is 0 Å². The molecular formula is C12H20N4O. The molecule has 1 aromatic heterocycles. The van der Waals surface area contributed by atoms with Gasteiger partial charge in [-0.3, -0.25) is 9.58 Å². The molecule has 2 aliphatic heterocycles. The van der Waals surface area contributed by atoms with Gasteiger partial charge in [0.15, 0.2) is 0 Å². The Labute approximate surface area is 102 Å². The van der Waals surface area contributed by atoms with Gasteiger partial charge in [-0.1, -0.05) is 5.21 Å². The van der Waals surface area contributed by atoms with E-state index in [9.17, 15) is 0 Å². The Bertz CT molecular complexity index is 367. The van der Waals surface area contributed by atoms with Gasteiger partial charge in [0.25, 0.3) is 0 Å². The van der Waals surface area contributed by atoms with Crippen molar-refractivity contribution in [3.05, 3.63) is 12.4 Å². The zero-order chi connectivity index (χ0) is 11.7. The van der Waals surface area contributed by atoms with Crippen molar-refractivity contribution in [1.29, 1.82) is 0 Å². The Morgan fingerprint density at radius 1 is 1.47 bits per heavy atom. The molecule has 2 fully saturated rings. The highest BCUT2D eigenvalue weighted by Crippen LogP contribution is 2.42. The maximum atomic E-state index is 5.44. The average molecular weight is 236 g/mol. The topological polar surface area (TPSA) is 43.2 Å². The maximum absolute atomic E-state index is 5.44. The monoisotopic (exact) mass is 236 g/mol. The molecule has 17 heavy (non-hydrogen) atoms. The minimum absolute atomic E-state index is 0.319. The minimum atomic E-state index is 0.319. The van der Waals surface area contributed by atoms with E-state index in [2.05, 4.69) is 15.2 Å². The molecule has 0 aromatic carbocycles. The fourth-order valence-corrected chi connectivity index (χ4v) is 3.62. The first-order chi connectivity index (χ1) is 8.34. The number of aromatic nitrogens is 3. The van der Waals surface area contributed by atoms with Crippen LogP contribution in [0.1, 0.15) is 25.7 Å². The second-order valence-electron chi connectivity index (χ2n) is 5.27. The number of hydrogen-bond donors (Lipinski definition) is 0. The van der Waals surface area contributed by atoms with Gasteiger partial charge in [-0.05, 0) is 32.2 Å². The molecule has 2 saturated heterocycles. The van der Waals surface area contributed by atoms with Crippen molar-refractivity contribution < 1.29 is 4.74 Å². The van der Waals surface area contributed by atoms with Crippen LogP contribution in [0.2, 0.25) is 0 Å². The molecule has 0 radical (unpaired) electrons. The molecule has 0 bridgehead atoms. The summed E-state index contributed by atoms with van der Waals surface area (Å²) >= 11 is 0. The number of fused-ring (bicyclic) bond motifs is 1. The van der Waals surface area contributed by atoms with Crippen molar-refractivity contribution in [2.75, 3.05) is 20.3 Å². The van der Waals surface area contributed by atoms with E-state index < -0.39 is 0 Å². The first kappa shape index (κ1) is 11.2. The smallest absolute Gasteiger partial charge is 0.0692 e. The van der Waals surface area contributed by atoms with E-state index in [4.69, 9.17) is 4.74 Å². The second-order valence-corrected chi connectivity index (χ2v) is 5.27. The normalized spacial score (nSPS) is 33.1. The summed E-state index contributed by atoms with van der Waals surface area (Å²) in [6, 6.07) is 0.606. The molecule has 2 unspecified atom stereocenters. The van der Waals surface area contributed by atoms with E-state index in [0.29, 0.717) is 11.6 Å². The third-order valence-corrected chi connectivity index (χ3v) is 4.32. The summed E-state index contributed by atoms with van der Waals surface area (Å²) in [7, 11) is 1.82. The first-order valence-corrected chi connectivity index (χ1v) is 6.44. The molecule has 2 atom stereocenters. The van der Waals surface area contributed by atoms with Crippen LogP contribution in [0.25, 0.3) is 0 Å². The second kappa shape index (κ2) is 4.38. The molecule has 5 nitrogen and oxygen atoms in total. The number of hydrogen-bond acceptors (Lipinski definition) is 4. The third-order valence-electron chi connectivity index (χ3n) is 4.32. The molecule has 5 heteroatoms. The van der Waals surface area contributed by atoms with Gasteiger partial charge in [-0.2, -0.15) is 0 Å². The van der Waals surface area contributed by atoms with Gasteiger partial charge in [0, 0.05) is 24.9 Å². The van der Waals surface area contributed by atoms with Gasteiger partial charge in [-0.25, -0.2) is 0 Å². The SMILES string of the molecule is COCC12CCCN1C(Cn1ccnn1)CC2. The molecule has 0 amide bonds. The molecule has 0 aliphatic carbocycles. The van der Waals surface area contributed by atoms with E-state index in [0.717, 1.165) is 13.2 Å². The van der Waals surface area contributed by atoms with Gasteiger partial charge >= 0.3 is 0 Å². The highest BCUT2D eigenvalue weighted by Gasteiger charge is 2.49. The Morgan fingerprint density at radius 3 is 3.18 bits per heavy atom. The van der Waals surface area contributed by atoms with Crippen molar-refractivity contribution in [1.82, 2.24) is 19.9 Å². The average Bonchev–Trinajstić information content (AvgIpc) is 2.98. The Hall–Kier alpha value is -0.940. The van der Waals surface area contributed by atoms with Gasteiger partial charge in [0.05, 0.1) is 19.3 Å². The summed E-state index contributed by atoms with van der Waals surface area (Å²) in [5.74, 6) is 0. The zero-order valence-electron chi connectivity index (χ0n) is 10.4. The molecule has 3 rings (SSSR count). The van der Waals surface area contributed by atoms with E-state index in [1.54, 1.807) is 6.20 Å². The summed E-state index contributed by atoms with van der Waals surface area (Å²) in [6.45, 7) is 3.05. The summed E-state index contributed by atoms with van der Waals surface area (Å²) in [4.78, 5) is 2.65. The van der Waals surface area contributed by atoms with Crippen LogP contribution in [-0.2, 0) is 11.3 Å². The fraction of sp³-hybridized carbons (Fsp3) is 0.833. The Kier molecular flexibility index (Phi) is 2.88. The molecule has 0 saturated carbocycles. The molecule has 0 N–H and O–H groups in total. The lowest BCUT2D eigenvalue weighted by atomic mass is 9.95. The predicted octanol–water partition coefficient (Wildman–Crippen LogP) is 0.921. The summed E-state index contributed by atoms with van der Waals surface area (Å²) in [6.07, 6.45) is 8.81. The Balaban J connectivity index is 1.72. The number of rotatable bonds is 4. The van der Waals surface area contributed by atoms with Crippen LogP contribution in [0, 0.1) is 0 Å². The summed E-state index contributed by atoms with van der Waals surface area (Å²) in [5, 5.41) is 7.94. The largest absolute Gasteiger partial charge is 0.383 e. The fourth-order valence-electron chi connectivity index (χ4n) is 3.62. The zero-order valence-corrected chi connectivity index (χ0v) is 10.4. The number of ether oxygens (including phenoxy) is 1. The molecule has 1 aromatic rings. The summed E-state index contributed by atoms with van der Waals surface area (Å²) in [5.41, 5.74) is 0.319. The lowest BCUT2D eigenvalue weighted by molar-refractivity contribution is 0.0460. The van der Waals surface area contributed by atoms with Crippen LogP contribution in [0.4, 0.5) is 0 Å². The Morgan fingerprint density at radius 2 is 2.41 bits per heavy atom. The highest BCUT2D eigenvalue weighted by molar-refractivity contribution is 5.04. The van der Waals surface area contributed by atoms with E-state index in [1.807, 2.05) is 18.0 Å². The van der Waals surface area contributed by atoms with Crippen LogP contribution >= 0.6 is 0 Å². The van der Waals surface area contributed by atoms with Crippen LogP contribution in [0.15, 0.2) is 12.4 Å². The van der Waals surface area contributed by atoms with Crippen molar-refractivity contribution in [2.24, 2.45) is 0 Å². The number of methoxy groups -OCH3 is 1. The lowest BCUT2D eigenvalue weighted by Gasteiger charge is -2.34. The van der Waals surface area contributed by atoms with Crippen molar-refractivity contribution in [2.45, 2.75) is 43.8 Å². The maximum Gasteiger partial charge on any atom is 0.0692 e. The van der Waals surface area contributed by atoms with Crippen LogP contribution in [0.3, 0.4) is 0 Å². The summed E-state index contributed by atoms with van der Waals surface area (Å²) < 4.78 is 7.39. The predicted molar refractivity (Wildman–Crippen MR) is 63.6 cm³/mol. The highest BCUT2D eigenvalue weighted by atomic mass is 16.5. The first-order valence-electron chi connectivity index (χ1n) is 6.44. The lowest BCUT2D eigenvalue weighted by Crippen LogP contribution is -2.46. The van der Waals surface area contributed by atoms with Crippen LogP contribution in [-0.4, -0.2) is 51.7 Å². The van der Waals surface area contributed by atoms with Crippen molar-refractivity contribution in [3.8, 4) is 0 Å². The van der Waals surface area contributed by atoms with Crippen LogP contribution in [0.5, 0.6) is 0 Å². The van der Waals surface area contributed by atoms with Gasteiger partial charge < -0.3 is 4.74 Å². The van der Waals surface area contributed by atoms with Crippen LogP contribution < -0.4 is 0 Å². The van der Waals surface area contributed by atoms with Crippen molar-refractivity contribution in [3.63, 3.8) is 0 Å². The molecule has 0 spiro atoms. The van der Waals surface area contributed by atoms with E-state index in [1.165, 1.54) is 32.2 Å². The molecule has 3 heterocycles. The molecule has 94 valence electrons. The molecular weight excluding hydrogens is 216 g/mol. The quantitative estimate of drug-likeness (QED) is 0.780. The standard InChI is InChI=1S/C12H20N4O/c1-17-10-12-4-2-7-16(12)11(3-5-12)9-15-8-6-13-14-15/h6,8,11H,2-5,7,9-10H2,1H3. The van der Waals surface area contributed by atoms with Gasteiger partial charge in [-0.15, -0.1) is 5.10 Å². The number of nitrogens with zero attached hydrogens (tertiary/aromatic N) is 4. The van der Waals surface area contributed by atoms with Gasteiger partial charge in [0.2, 0.25) is 0 Å². The minimum Gasteiger partial charge on any atom is -0.383 e.